The molecule has 140 valence electrons. The zero-order valence-corrected chi connectivity index (χ0v) is 16.3. The zero-order valence-electron chi connectivity index (χ0n) is 16.3. The molecule has 0 radical (unpaired) electrons. The molecule has 0 saturated heterocycles. The van der Waals surface area contributed by atoms with Gasteiger partial charge in [0.25, 0.3) is 5.91 Å². The summed E-state index contributed by atoms with van der Waals surface area (Å²) in [5.41, 5.74) is 5.20. The van der Waals surface area contributed by atoms with Gasteiger partial charge in [0.05, 0.1) is 6.04 Å². The summed E-state index contributed by atoms with van der Waals surface area (Å²) in [5.74, 6) is -0.382. The van der Waals surface area contributed by atoms with E-state index < -0.39 is 0 Å². The number of amides is 1. The van der Waals surface area contributed by atoms with Crippen molar-refractivity contribution in [2.75, 3.05) is 0 Å². The Balaban J connectivity index is 1.87. The Morgan fingerprint density at radius 2 is 1.86 bits per heavy atom. The van der Waals surface area contributed by atoms with E-state index in [1.807, 2.05) is 72.3 Å². The first-order valence-electron chi connectivity index (χ1n) is 9.22. The largest absolute Gasteiger partial charge is 0.345 e. The van der Waals surface area contributed by atoms with E-state index in [4.69, 9.17) is 0 Å². The molecule has 0 aliphatic carbocycles. The molecule has 0 bridgehead atoms. The molecule has 0 aliphatic rings. The number of aromatic nitrogens is 1. The van der Waals surface area contributed by atoms with Crippen molar-refractivity contribution in [1.82, 2.24) is 9.88 Å². The number of benzene rings is 2. The maximum atomic E-state index is 12.6. The molecule has 0 spiro atoms. The number of carbonyl (C=O) groups excluding carboxylic acids is 1. The van der Waals surface area contributed by atoms with Crippen molar-refractivity contribution in [3.05, 3.63) is 94.8 Å². The minimum absolute atomic E-state index is 0.0764. The van der Waals surface area contributed by atoms with Crippen molar-refractivity contribution < 1.29 is 4.79 Å². The van der Waals surface area contributed by atoms with Crippen LogP contribution in [-0.4, -0.2) is 10.5 Å². The van der Waals surface area contributed by atoms with Crippen molar-refractivity contribution in [3.63, 3.8) is 0 Å². The molecule has 0 saturated carbocycles. The van der Waals surface area contributed by atoms with E-state index in [9.17, 15) is 10.1 Å². The molecule has 3 aromatic rings. The van der Waals surface area contributed by atoms with Gasteiger partial charge >= 0.3 is 0 Å². The molecule has 0 unspecified atom stereocenters. The minimum Gasteiger partial charge on any atom is -0.345 e. The number of carbonyl (C=O) groups is 1. The van der Waals surface area contributed by atoms with Gasteiger partial charge in [-0.15, -0.1) is 0 Å². The molecule has 0 fully saturated rings. The maximum absolute atomic E-state index is 12.6. The average molecular weight is 369 g/mol. The quantitative estimate of drug-likeness (QED) is 0.515. The predicted molar refractivity (Wildman–Crippen MR) is 112 cm³/mol. The van der Waals surface area contributed by atoms with E-state index in [-0.39, 0.29) is 17.5 Å². The molecule has 1 heterocycles. The van der Waals surface area contributed by atoms with Gasteiger partial charge in [-0.25, -0.2) is 0 Å². The summed E-state index contributed by atoms with van der Waals surface area (Å²) in [5, 5.41) is 12.4. The molecule has 1 atom stereocenters. The third-order valence-electron chi connectivity index (χ3n) is 4.70. The number of nitriles is 1. The molecular weight excluding hydrogens is 346 g/mol. The van der Waals surface area contributed by atoms with Crippen molar-refractivity contribution in [3.8, 4) is 11.8 Å². The first-order valence-corrected chi connectivity index (χ1v) is 9.22. The highest BCUT2D eigenvalue weighted by molar-refractivity contribution is 6.01. The van der Waals surface area contributed by atoms with Gasteiger partial charge in [-0.1, -0.05) is 48.0 Å². The summed E-state index contributed by atoms with van der Waals surface area (Å²) in [6, 6.07) is 21.5. The van der Waals surface area contributed by atoms with Crippen LogP contribution in [0.1, 0.15) is 35.3 Å². The van der Waals surface area contributed by atoms with Crippen LogP contribution < -0.4 is 5.32 Å². The van der Waals surface area contributed by atoms with Crippen LogP contribution in [0.3, 0.4) is 0 Å². The van der Waals surface area contributed by atoms with E-state index in [0.717, 1.165) is 22.5 Å². The lowest BCUT2D eigenvalue weighted by Gasteiger charge is -2.14. The normalized spacial score (nSPS) is 12.3. The fourth-order valence-corrected chi connectivity index (χ4v) is 3.20. The second-order valence-electron chi connectivity index (χ2n) is 6.87. The molecule has 4 nitrogen and oxygen atoms in total. The second kappa shape index (κ2) is 8.41. The number of nitrogens with one attached hydrogen (secondary N) is 1. The lowest BCUT2D eigenvalue weighted by Crippen LogP contribution is -2.27. The molecule has 3 rings (SSSR count). The SMILES string of the molecule is Cc1ccc(-n2cccc2/C=C(/C#N)C(=O)N[C@H](C)c2ccccc2)c(C)c1. The highest BCUT2D eigenvalue weighted by Gasteiger charge is 2.15. The van der Waals surface area contributed by atoms with E-state index in [1.54, 1.807) is 6.08 Å². The average Bonchev–Trinajstić information content (AvgIpc) is 3.14. The van der Waals surface area contributed by atoms with Crippen LogP contribution in [0.4, 0.5) is 0 Å². The van der Waals surface area contributed by atoms with Crippen LogP contribution in [0.2, 0.25) is 0 Å². The number of hydrogen-bond acceptors (Lipinski definition) is 2. The Kier molecular flexibility index (Phi) is 5.76. The lowest BCUT2D eigenvalue weighted by atomic mass is 10.1. The topological polar surface area (TPSA) is 57.8 Å². The Hall–Kier alpha value is -3.58. The molecule has 0 aliphatic heterocycles. The Morgan fingerprint density at radius 1 is 1.11 bits per heavy atom. The number of aryl methyl sites for hydroxylation is 2. The highest BCUT2D eigenvalue weighted by atomic mass is 16.1. The lowest BCUT2D eigenvalue weighted by molar-refractivity contribution is -0.117. The van der Waals surface area contributed by atoms with Crippen LogP contribution in [0.25, 0.3) is 11.8 Å². The van der Waals surface area contributed by atoms with Crippen LogP contribution >= 0.6 is 0 Å². The van der Waals surface area contributed by atoms with Gasteiger partial charge in [0.15, 0.2) is 0 Å². The van der Waals surface area contributed by atoms with Crippen molar-refractivity contribution in [2.24, 2.45) is 0 Å². The van der Waals surface area contributed by atoms with Crippen LogP contribution in [0.15, 0.2) is 72.4 Å². The molecular formula is C24H23N3O. The van der Waals surface area contributed by atoms with Gasteiger partial charge < -0.3 is 9.88 Å². The molecule has 1 aromatic heterocycles. The third-order valence-corrected chi connectivity index (χ3v) is 4.70. The fraction of sp³-hybridized carbons (Fsp3) is 0.167. The van der Waals surface area contributed by atoms with Crippen LogP contribution in [0, 0.1) is 25.2 Å². The molecule has 28 heavy (non-hydrogen) atoms. The predicted octanol–water partition coefficient (Wildman–Crippen LogP) is 4.88. The molecule has 1 amide bonds. The van der Waals surface area contributed by atoms with E-state index in [0.29, 0.717) is 0 Å². The first-order chi connectivity index (χ1) is 13.5. The maximum Gasteiger partial charge on any atom is 0.262 e. The summed E-state index contributed by atoms with van der Waals surface area (Å²) >= 11 is 0. The minimum atomic E-state index is -0.382. The number of nitrogens with zero attached hydrogens (tertiary/aromatic N) is 2. The Labute approximate surface area is 165 Å². The van der Waals surface area contributed by atoms with Gasteiger partial charge in [0, 0.05) is 17.6 Å². The summed E-state index contributed by atoms with van der Waals surface area (Å²) < 4.78 is 1.99. The molecule has 2 aromatic carbocycles. The Bertz CT molecular complexity index is 1050. The van der Waals surface area contributed by atoms with Crippen molar-refractivity contribution in [2.45, 2.75) is 26.8 Å². The Morgan fingerprint density at radius 3 is 2.54 bits per heavy atom. The van der Waals surface area contributed by atoms with E-state index in [2.05, 4.69) is 31.3 Å². The first kappa shape index (κ1) is 19.2. The highest BCUT2D eigenvalue weighted by Crippen LogP contribution is 2.20. The standard InChI is InChI=1S/C24H23N3O/c1-17-11-12-23(18(2)14-17)27-13-7-10-22(27)15-21(16-25)24(28)26-19(3)20-8-5-4-6-9-20/h4-15,19H,1-3H3,(H,26,28)/b21-15-/t19-/m1/s1. The van der Waals surface area contributed by atoms with E-state index >= 15 is 0 Å². The third kappa shape index (κ3) is 4.21. The number of rotatable bonds is 5. The smallest absolute Gasteiger partial charge is 0.262 e. The van der Waals surface area contributed by atoms with Gasteiger partial charge in [-0.05, 0) is 56.2 Å². The van der Waals surface area contributed by atoms with Gasteiger partial charge in [0.1, 0.15) is 11.6 Å². The summed E-state index contributed by atoms with van der Waals surface area (Å²) in [4.78, 5) is 12.6. The van der Waals surface area contributed by atoms with Crippen molar-refractivity contribution >= 4 is 12.0 Å². The second-order valence-corrected chi connectivity index (χ2v) is 6.87. The molecule has 4 heteroatoms. The van der Waals surface area contributed by atoms with Gasteiger partial charge in [-0.2, -0.15) is 5.26 Å². The zero-order chi connectivity index (χ0) is 20.1. The van der Waals surface area contributed by atoms with Crippen molar-refractivity contribution in [1.29, 1.82) is 5.26 Å². The fourth-order valence-electron chi connectivity index (χ4n) is 3.20. The number of hydrogen-bond donors (Lipinski definition) is 1. The molecule has 1 N–H and O–H groups in total. The van der Waals surface area contributed by atoms with Crippen LogP contribution in [-0.2, 0) is 4.79 Å². The van der Waals surface area contributed by atoms with Crippen LogP contribution in [0.5, 0.6) is 0 Å². The summed E-state index contributed by atoms with van der Waals surface area (Å²) in [7, 11) is 0. The summed E-state index contributed by atoms with van der Waals surface area (Å²) in [6.07, 6.45) is 3.56. The summed E-state index contributed by atoms with van der Waals surface area (Å²) in [6.45, 7) is 6.01. The van der Waals surface area contributed by atoms with E-state index in [1.165, 1.54) is 5.56 Å². The monoisotopic (exact) mass is 369 g/mol. The van der Waals surface area contributed by atoms with Gasteiger partial charge in [0.2, 0.25) is 0 Å². The van der Waals surface area contributed by atoms with Gasteiger partial charge in [-0.3, -0.25) is 4.79 Å².